The quantitative estimate of drug-likeness (QED) is 0.573. The van der Waals surface area contributed by atoms with Gasteiger partial charge in [0.05, 0.1) is 5.69 Å². The van der Waals surface area contributed by atoms with Crippen LogP contribution in [0.25, 0.3) is 5.69 Å². The van der Waals surface area contributed by atoms with Crippen molar-refractivity contribution in [3.05, 3.63) is 96.7 Å². The van der Waals surface area contributed by atoms with Crippen LogP contribution in [0.2, 0.25) is 10.0 Å². The molecule has 1 aliphatic heterocycles. The van der Waals surface area contributed by atoms with Crippen LogP contribution in [0.5, 0.6) is 0 Å². The molecule has 1 fully saturated rings. The Balaban J connectivity index is 1.43. The lowest BCUT2D eigenvalue weighted by molar-refractivity contribution is 0.173. The summed E-state index contributed by atoms with van der Waals surface area (Å²) in [5.74, 6) is 0.544. The summed E-state index contributed by atoms with van der Waals surface area (Å²) in [5.41, 5.74) is 1.80. The number of hydrogen-bond donors (Lipinski definition) is 0. The van der Waals surface area contributed by atoms with Crippen molar-refractivity contribution in [2.24, 2.45) is 13.0 Å². The van der Waals surface area contributed by atoms with Crippen molar-refractivity contribution in [1.82, 2.24) is 14.0 Å². The van der Waals surface area contributed by atoms with Crippen LogP contribution in [-0.2, 0) is 20.0 Å². The molecule has 2 heterocycles. The summed E-state index contributed by atoms with van der Waals surface area (Å²) in [7, 11) is 1.73. The second-order valence-electron chi connectivity index (χ2n) is 8.15. The third-order valence-corrected chi connectivity index (χ3v) is 6.65. The molecular weight excluding hydrogens is 433 g/mol. The molecular formula is C24H25Cl2N3O2. The highest BCUT2D eigenvalue weighted by atomic mass is 35.5. The topological polar surface area (TPSA) is 47.2 Å². The van der Waals surface area contributed by atoms with Crippen LogP contribution in [-0.4, -0.2) is 27.1 Å². The predicted octanol–water partition coefficient (Wildman–Crippen LogP) is 4.30. The van der Waals surface area contributed by atoms with Gasteiger partial charge in [-0.1, -0.05) is 41.4 Å². The minimum Gasteiger partial charge on any atom is -0.299 e. The first kappa shape index (κ1) is 21.9. The number of piperidine rings is 1. The maximum atomic E-state index is 12.9. The summed E-state index contributed by atoms with van der Waals surface area (Å²) in [5, 5.41) is 1.48. The molecule has 1 aromatic heterocycles. The summed E-state index contributed by atoms with van der Waals surface area (Å²) < 4.78 is 2.79. The van der Waals surface area contributed by atoms with Gasteiger partial charge in [-0.3, -0.25) is 14.3 Å². The number of benzene rings is 2. The molecule has 0 amide bonds. The maximum absolute atomic E-state index is 12.9. The molecule has 162 valence electrons. The number of rotatable bonds is 5. The molecule has 0 bridgehead atoms. The van der Waals surface area contributed by atoms with E-state index in [4.69, 9.17) is 23.2 Å². The molecule has 3 aromatic rings. The summed E-state index contributed by atoms with van der Waals surface area (Å²) in [6.07, 6.45) is 2.99. The summed E-state index contributed by atoms with van der Waals surface area (Å²) in [4.78, 5) is 27.8. The summed E-state index contributed by atoms with van der Waals surface area (Å²) in [6.45, 7) is 2.42. The first-order valence-electron chi connectivity index (χ1n) is 10.5. The second kappa shape index (κ2) is 9.43. The molecule has 0 radical (unpaired) electrons. The zero-order valence-electron chi connectivity index (χ0n) is 17.4. The van der Waals surface area contributed by atoms with Gasteiger partial charge in [-0.25, -0.2) is 9.36 Å². The SMILES string of the molecule is Cn1c(CN2CCC(Cc3cc(Cl)ccc3Cl)CC2)cc(=O)n(-c2ccccc2)c1=O. The molecule has 31 heavy (non-hydrogen) atoms. The lowest BCUT2D eigenvalue weighted by atomic mass is 9.90. The Morgan fingerprint density at radius 2 is 1.68 bits per heavy atom. The Labute approximate surface area is 191 Å². The highest BCUT2D eigenvalue weighted by Gasteiger charge is 2.22. The lowest BCUT2D eigenvalue weighted by Gasteiger charge is -2.32. The third kappa shape index (κ3) is 4.95. The maximum Gasteiger partial charge on any atom is 0.335 e. The van der Waals surface area contributed by atoms with Crippen molar-refractivity contribution < 1.29 is 0 Å². The first-order valence-corrected chi connectivity index (χ1v) is 11.2. The Kier molecular flexibility index (Phi) is 6.65. The van der Waals surface area contributed by atoms with Gasteiger partial charge in [-0.2, -0.15) is 0 Å². The van der Waals surface area contributed by atoms with Crippen LogP contribution in [0.4, 0.5) is 0 Å². The van der Waals surface area contributed by atoms with Crippen molar-refractivity contribution in [2.45, 2.75) is 25.8 Å². The first-order chi connectivity index (χ1) is 14.9. The van der Waals surface area contributed by atoms with Gasteiger partial charge in [-0.15, -0.1) is 0 Å². The number of aromatic nitrogens is 2. The van der Waals surface area contributed by atoms with Crippen LogP contribution >= 0.6 is 23.2 Å². The van der Waals surface area contributed by atoms with Crippen molar-refractivity contribution in [2.75, 3.05) is 13.1 Å². The summed E-state index contributed by atoms with van der Waals surface area (Å²) in [6, 6.07) is 16.2. The Hall–Kier alpha value is -2.34. The molecule has 0 saturated carbocycles. The number of halogens is 2. The fourth-order valence-electron chi connectivity index (χ4n) is 4.23. The number of para-hydroxylation sites is 1. The number of hydrogen-bond acceptors (Lipinski definition) is 3. The van der Waals surface area contributed by atoms with Gasteiger partial charge < -0.3 is 0 Å². The van der Waals surface area contributed by atoms with Crippen molar-refractivity contribution >= 4 is 23.2 Å². The molecule has 1 aliphatic rings. The highest BCUT2D eigenvalue weighted by Crippen LogP contribution is 2.28. The van der Waals surface area contributed by atoms with E-state index in [1.807, 2.05) is 36.4 Å². The van der Waals surface area contributed by atoms with Gasteiger partial charge >= 0.3 is 5.69 Å². The van der Waals surface area contributed by atoms with E-state index in [1.165, 1.54) is 4.57 Å². The van der Waals surface area contributed by atoms with E-state index in [0.717, 1.165) is 48.6 Å². The molecule has 0 spiro atoms. The Morgan fingerprint density at radius 1 is 0.968 bits per heavy atom. The van der Waals surface area contributed by atoms with Gasteiger partial charge in [0.1, 0.15) is 0 Å². The normalized spacial score (nSPS) is 15.3. The lowest BCUT2D eigenvalue weighted by Crippen LogP contribution is -2.41. The standard InChI is InChI=1S/C24H25Cl2N3O2/c1-27-21(15-23(30)29(24(27)31)20-5-3-2-4-6-20)16-28-11-9-17(10-12-28)13-18-14-19(25)7-8-22(18)26/h2-8,14-15,17H,9-13,16H2,1H3. The smallest absolute Gasteiger partial charge is 0.299 e. The van der Waals surface area contributed by atoms with Gasteiger partial charge in [0.15, 0.2) is 0 Å². The Bertz CT molecular complexity index is 1180. The van der Waals surface area contributed by atoms with Crippen LogP contribution in [0.3, 0.4) is 0 Å². The van der Waals surface area contributed by atoms with Crippen LogP contribution in [0.1, 0.15) is 24.1 Å². The zero-order chi connectivity index (χ0) is 22.0. The van der Waals surface area contributed by atoms with Crippen molar-refractivity contribution in [3.63, 3.8) is 0 Å². The average Bonchev–Trinajstić information content (AvgIpc) is 2.76. The van der Waals surface area contributed by atoms with Crippen LogP contribution < -0.4 is 11.2 Å². The molecule has 5 nitrogen and oxygen atoms in total. The van der Waals surface area contributed by atoms with Crippen LogP contribution in [0, 0.1) is 5.92 Å². The van der Waals surface area contributed by atoms with E-state index >= 15 is 0 Å². The predicted molar refractivity (Wildman–Crippen MR) is 125 cm³/mol. The van der Waals surface area contributed by atoms with Crippen molar-refractivity contribution in [3.8, 4) is 5.69 Å². The van der Waals surface area contributed by atoms with E-state index in [2.05, 4.69) is 4.90 Å². The molecule has 0 N–H and O–H groups in total. The minimum atomic E-state index is -0.320. The molecule has 4 rings (SSSR count). The number of nitrogens with zero attached hydrogens (tertiary/aromatic N) is 3. The van der Waals surface area contributed by atoms with Crippen LogP contribution in [0.15, 0.2) is 64.2 Å². The van der Waals surface area contributed by atoms with E-state index in [-0.39, 0.29) is 11.2 Å². The van der Waals surface area contributed by atoms with Gasteiger partial charge in [-0.05, 0) is 74.2 Å². The van der Waals surface area contributed by atoms with Gasteiger partial charge in [0, 0.05) is 35.4 Å². The molecule has 0 unspecified atom stereocenters. The fraction of sp³-hybridized carbons (Fsp3) is 0.333. The second-order valence-corrected chi connectivity index (χ2v) is 8.99. The average molecular weight is 458 g/mol. The van der Waals surface area contributed by atoms with Crippen molar-refractivity contribution in [1.29, 1.82) is 0 Å². The van der Waals surface area contributed by atoms with E-state index in [9.17, 15) is 9.59 Å². The highest BCUT2D eigenvalue weighted by molar-refractivity contribution is 6.33. The zero-order valence-corrected chi connectivity index (χ0v) is 18.9. The number of likely N-dealkylation sites (tertiary alicyclic amines) is 1. The Morgan fingerprint density at radius 3 is 2.39 bits per heavy atom. The fourth-order valence-corrected chi connectivity index (χ4v) is 4.62. The van der Waals surface area contributed by atoms with Gasteiger partial charge in [0.2, 0.25) is 0 Å². The molecule has 0 aliphatic carbocycles. The molecule has 0 atom stereocenters. The van der Waals surface area contributed by atoms with E-state index in [0.29, 0.717) is 23.2 Å². The molecule has 1 saturated heterocycles. The van der Waals surface area contributed by atoms with E-state index < -0.39 is 0 Å². The largest absolute Gasteiger partial charge is 0.335 e. The van der Waals surface area contributed by atoms with Gasteiger partial charge in [0.25, 0.3) is 5.56 Å². The molecule has 2 aromatic carbocycles. The third-order valence-electron chi connectivity index (χ3n) is 6.04. The van der Waals surface area contributed by atoms with E-state index in [1.54, 1.807) is 29.8 Å². The summed E-state index contributed by atoms with van der Waals surface area (Å²) >= 11 is 12.4. The minimum absolute atomic E-state index is 0.296. The monoisotopic (exact) mass is 457 g/mol. The molecule has 7 heteroatoms.